The number of thiocarbonyl (C=S) groups is 1. The number of piperazine rings is 1. The quantitative estimate of drug-likeness (QED) is 0.332. The molecular weight excluding hydrogens is 546 g/mol. The molecule has 40 heavy (non-hydrogen) atoms. The Labute approximate surface area is 243 Å². The van der Waals surface area contributed by atoms with Crippen LogP contribution in [0.25, 0.3) is 6.08 Å². The fourth-order valence-corrected chi connectivity index (χ4v) is 6.38. The van der Waals surface area contributed by atoms with E-state index in [1.54, 1.807) is 17.6 Å². The van der Waals surface area contributed by atoms with E-state index in [1.165, 1.54) is 10.5 Å². The topological polar surface area (TPSA) is 110 Å². The summed E-state index contributed by atoms with van der Waals surface area (Å²) < 4.78 is 2.05. The van der Waals surface area contributed by atoms with Gasteiger partial charge in [0, 0.05) is 57.8 Å². The molecular formula is C29H33N5O4S2. The number of nitriles is 1. The van der Waals surface area contributed by atoms with Crippen LogP contribution in [0.5, 0.6) is 0 Å². The summed E-state index contributed by atoms with van der Waals surface area (Å²) in [5.74, 6) is -0.489. The Bertz CT molecular complexity index is 1420. The molecule has 3 heterocycles. The molecule has 0 saturated carbocycles. The zero-order valence-corrected chi connectivity index (χ0v) is 24.4. The monoisotopic (exact) mass is 579 g/mol. The van der Waals surface area contributed by atoms with Crippen LogP contribution in [-0.2, 0) is 22.7 Å². The minimum Gasteiger partial charge on any atom is -0.481 e. The van der Waals surface area contributed by atoms with Crippen molar-refractivity contribution in [2.75, 3.05) is 37.6 Å². The highest BCUT2D eigenvalue weighted by molar-refractivity contribution is 8.26. The number of thioether (sulfide) groups is 1. The Kier molecular flexibility index (Phi) is 9.79. The van der Waals surface area contributed by atoms with Crippen LogP contribution >= 0.6 is 24.0 Å². The average molecular weight is 580 g/mol. The molecule has 1 aromatic carbocycles. The van der Waals surface area contributed by atoms with E-state index >= 15 is 0 Å². The van der Waals surface area contributed by atoms with E-state index in [9.17, 15) is 19.6 Å². The van der Waals surface area contributed by atoms with Crippen LogP contribution in [0.3, 0.4) is 0 Å². The summed E-state index contributed by atoms with van der Waals surface area (Å²) in [7, 11) is 0. The van der Waals surface area contributed by atoms with Crippen LogP contribution in [0.1, 0.15) is 48.4 Å². The maximum atomic E-state index is 13.4. The van der Waals surface area contributed by atoms with Crippen molar-refractivity contribution >= 4 is 52.1 Å². The number of rotatable bonds is 10. The summed E-state index contributed by atoms with van der Waals surface area (Å²) in [6, 6.07) is 12.4. The first-order valence-corrected chi connectivity index (χ1v) is 14.6. The molecule has 2 aromatic rings. The summed E-state index contributed by atoms with van der Waals surface area (Å²) in [5, 5.41) is 18.8. The lowest BCUT2D eigenvalue weighted by Gasteiger charge is -2.38. The highest BCUT2D eigenvalue weighted by atomic mass is 32.2. The van der Waals surface area contributed by atoms with Crippen LogP contribution in [0.4, 0.5) is 5.82 Å². The van der Waals surface area contributed by atoms with Gasteiger partial charge in [-0.25, -0.2) is 0 Å². The number of nitrogens with zero attached hydrogens (tertiary/aromatic N) is 5. The Hall–Kier alpha value is -3.46. The SMILES string of the molecule is CCCn1c(N2CCN(Cc3ccccc3)CC2)c(C=C2SC(=S)N(CCCC(=O)O)C2=O)c(C)c(C#N)c1=O. The van der Waals surface area contributed by atoms with Gasteiger partial charge >= 0.3 is 5.97 Å². The number of benzene rings is 1. The molecule has 0 spiro atoms. The van der Waals surface area contributed by atoms with Crippen molar-refractivity contribution in [2.24, 2.45) is 0 Å². The minimum atomic E-state index is -0.924. The fraction of sp³-hybridized carbons (Fsp3) is 0.414. The molecule has 2 saturated heterocycles. The number of aliphatic carboxylic acids is 1. The second kappa shape index (κ2) is 13.3. The Morgan fingerprint density at radius 2 is 1.85 bits per heavy atom. The molecule has 9 nitrogen and oxygen atoms in total. The van der Waals surface area contributed by atoms with Crippen LogP contribution in [0.2, 0.25) is 0 Å². The van der Waals surface area contributed by atoms with Gasteiger partial charge in [-0.05, 0) is 37.0 Å². The molecule has 2 aliphatic heterocycles. The summed E-state index contributed by atoms with van der Waals surface area (Å²) in [6.45, 7) is 8.26. The van der Waals surface area contributed by atoms with Gasteiger partial charge in [0.1, 0.15) is 21.8 Å². The van der Waals surface area contributed by atoms with E-state index in [0.717, 1.165) is 37.2 Å². The molecule has 1 aromatic heterocycles. The van der Waals surface area contributed by atoms with Crippen molar-refractivity contribution in [1.29, 1.82) is 5.26 Å². The molecule has 2 fully saturated rings. The third kappa shape index (κ3) is 6.46. The first-order valence-electron chi connectivity index (χ1n) is 13.4. The molecule has 0 aliphatic carbocycles. The first kappa shape index (κ1) is 29.5. The van der Waals surface area contributed by atoms with E-state index in [-0.39, 0.29) is 30.0 Å². The normalized spacial score (nSPS) is 17.1. The lowest BCUT2D eigenvalue weighted by molar-refractivity contribution is -0.137. The number of carbonyl (C=O) groups excluding carboxylic acids is 1. The highest BCUT2D eigenvalue weighted by Crippen LogP contribution is 2.36. The second-order valence-corrected chi connectivity index (χ2v) is 11.6. The zero-order valence-electron chi connectivity index (χ0n) is 22.8. The number of carboxylic acids is 1. The molecule has 1 N–H and O–H groups in total. The number of amides is 1. The third-order valence-corrected chi connectivity index (χ3v) is 8.51. The van der Waals surface area contributed by atoms with Gasteiger partial charge in [0.05, 0.1) is 4.91 Å². The number of anilines is 1. The van der Waals surface area contributed by atoms with E-state index in [1.807, 2.05) is 25.1 Å². The summed E-state index contributed by atoms with van der Waals surface area (Å²) >= 11 is 6.60. The Morgan fingerprint density at radius 1 is 1.15 bits per heavy atom. The van der Waals surface area contributed by atoms with Crippen molar-refractivity contribution in [2.45, 2.75) is 46.2 Å². The number of aromatic nitrogens is 1. The van der Waals surface area contributed by atoms with Crippen molar-refractivity contribution in [3.63, 3.8) is 0 Å². The first-order chi connectivity index (χ1) is 19.2. The molecule has 210 valence electrons. The molecule has 0 unspecified atom stereocenters. The van der Waals surface area contributed by atoms with Crippen LogP contribution in [0, 0.1) is 18.3 Å². The van der Waals surface area contributed by atoms with Crippen LogP contribution in [-0.4, -0.2) is 68.4 Å². The lowest BCUT2D eigenvalue weighted by Crippen LogP contribution is -2.48. The maximum absolute atomic E-state index is 13.4. The number of hydrogen-bond acceptors (Lipinski definition) is 8. The number of hydrogen-bond donors (Lipinski definition) is 1. The van der Waals surface area contributed by atoms with Gasteiger partial charge in [-0.15, -0.1) is 0 Å². The Balaban J connectivity index is 1.69. The maximum Gasteiger partial charge on any atom is 0.303 e. The van der Waals surface area contributed by atoms with Gasteiger partial charge in [0.15, 0.2) is 0 Å². The number of carboxylic acid groups (broad SMARTS) is 1. The Morgan fingerprint density at radius 3 is 2.48 bits per heavy atom. The van der Waals surface area contributed by atoms with Gasteiger partial charge in [-0.2, -0.15) is 5.26 Å². The number of carbonyl (C=O) groups is 2. The highest BCUT2D eigenvalue weighted by Gasteiger charge is 2.33. The van der Waals surface area contributed by atoms with E-state index in [0.29, 0.717) is 52.8 Å². The van der Waals surface area contributed by atoms with Gasteiger partial charge in [0.25, 0.3) is 11.5 Å². The zero-order chi connectivity index (χ0) is 28.8. The molecule has 1 amide bonds. The van der Waals surface area contributed by atoms with Gasteiger partial charge in [-0.3, -0.25) is 28.8 Å². The molecule has 0 radical (unpaired) electrons. The molecule has 2 aliphatic rings. The van der Waals surface area contributed by atoms with Crippen LogP contribution in [0.15, 0.2) is 40.0 Å². The van der Waals surface area contributed by atoms with Crippen molar-refractivity contribution in [1.82, 2.24) is 14.4 Å². The number of pyridine rings is 1. The summed E-state index contributed by atoms with van der Waals surface area (Å²) in [4.78, 5) is 44.1. The van der Waals surface area contributed by atoms with E-state index in [4.69, 9.17) is 17.3 Å². The molecule has 4 rings (SSSR count). The predicted molar refractivity (Wildman–Crippen MR) is 161 cm³/mol. The smallest absolute Gasteiger partial charge is 0.303 e. The lowest BCUT2D eigenvalue weighted by atomic mass is 10.0. The third-order valence-electron chi connectivity index (χ3n) is 7.14. The van der Waals surface area contributed by atoms with Crippen molar-refractivity contribution in [3.8, 4) is 6.07 Å². The van der Waals surface area contributed by atoms with Gasteiger partial charge < -0.3 is 10.0 Å². The van der Waals surface area contributed by atoms with Gasteiger partial charge in [0.2, 0.25) is 0 Å². The average Bonchev–Trinajstić information content (AvgIpc) is 3.20. The molecule has 0 atom stereocenters. The molecule has 11 heteroatoms. The fourth-order valence-electron chi connectivity index (χ4n) is 5.09. The second-order valence-electron chi connectivity index (χ2n) is 9.89. The summed E-state index contributed by atoms with van der Waals surface area (Å²) in [6.07, 6.45) is 2.71. The predicted octanol–water partition coefficient (Wildman–Crippen LogP) is 3.83. The van der Waals surface area contributed by atoms with E-state index < -0.39 is 5.97 Å². The summed E-state index contributed by atoms with van der Waals surface area (Å²) in [5.41, 5.74) is 2.22. The van der Waals surface area contributed by atoms with Crippen molar-refractivity contribution in [3.05, 3.63) is 67.8 Å². The van der Waals surface area contributed by atoms with Crippen molar-refractivity contribution < 1.29 is 14.7 Å². The molecule has 0 bridgehead atoms. The van der Waals surface area contributed by atoms with E-state index in [2.05, 4.69) is 28.0 Å². The largest absolute Gasteiger partial charge is 0.481 e. The van der Waals surface area contributed by atoms with Crippen LogP contribution < -0.4 is 10.5 Å². The minimum absolute atomic E-state index is 0.0525. The standard InChI is InChI=1S/C29H33N5O4S2/c1-3-11-33-26(32-15-13-31(14-16-32)19-21-8-5-4-6-9-21)22(20(2)23(18-30)27(33)37)17-24-28(38)34(29(39)40-24)12-7-10-25(35)36/h4-6,8-9,17H,3,7,10-16,19H2,1-2H3,(H,35,36). The van der Waals surface area contributed by atoms with Gasteiger partial charge in [-0.1, -0.05) is 61.2 Å².